The molecule has 2 aromatic carbocycles. The molecule has 1 amide bonds. The standard InChI is InChI=1S/C20H26N2O3/c1-14(18-12-17(24-3)10-11-19(18)25-4)22-15(2)20(23)21-13-16-8-6-5-7-9-16/h5-12,14-15,22H,13H2,1-4H3,(H,21,23). The lowest BCUT2D eigenvalue weighted by Gasteiger charge is -2.22. The predicted molar refractivity (Wildman–Crippen MR) is 98.8 cm³/mol. The van der Waals surface area contributed by atoms with Crippen LogP contribution in [0.15, 0.2) is 48.5 Å². The summed E-state index contributed by atoms with van der Waals surface area (Å²) in [7, 11) is 3.26. The van der Waals surface area contributed by atoms with Crippen LogP contribution in [-0.2, 0) is 11.3 Å². The highest BCUT2D eigenvalue weighted by Crippen LogP contribution is 2.29. The highest BCUT2D eigenvalue weighted by Gasteiger charge is 2.19. The second kappa shape index (κ2) is 9.08. The van der Waals surface area contributed by atoms with Crippen LogP contribution in [0.4, 0.5) is 0 Å². The monoisotopic (exact) mass is 342 g/mol. The zero-order valence-electron chi connectivity index (χ0n) is 15.2. The fourth-order valence-corrected chi connectivity index (χ4v) is 2.66. The molecule has 0 saturated carbocycles. The molecule has 0 aromatic heterocycles. The van der Waals surface area contributed by atoms with Crippen molar-refractivity contribution in [2.24, 2.45) is 0 Å². The van der Waals surface area contributed by atoms with E-state index in [-0.39, 0.29) is 18.0 Å². The number of benzene rings is 2. The molecule has 0 bridgehead atoms. The molecule has 0 spiro atoms. The number of carbonyl (C=O) groups is 1. The van der Waals surface area contributed by atoms with Crippen molar-refractivity contribution >= 4 is 5.91 Å². The van der Waals surface area contributed by atoms with Crippen molar-refractivity contribution in [1.82, 2.24) is 10.6 Å². The van der Waals surface area contributed by atoms with E-state index in [0.717, 1.165) is 22.6 Å². The number of ether oxygens (including phenoxy) is 2. The van der Waals surface area contributed by atoms with E-state index in [1.807, 2.05) is 62.4 Å². The molecule has 2 N–H and O–H groups in total. The molecule has 0 aliphatic heterocycles. The second-order valence-electron chi connectivity index (χ2n) is 5.92. The van der Waals surface area contributed by atoms with E-state index in [1.54, 1.807) is 14.2 Å². The van der Waals surface area contributed by atoms with E-state index in [0.29, 0.717) is 6.54 Å². The summed E-state index contributed by atoms with van der Waals surface area (Å²) in [6.45, 7) is 4.37. The van der Waals surface area contributed by atoms with Crippen LogP contribution < -0.4 is 20.1 Å². The van der Waals surface area contributed by atoms with Crippen LogP contribution in [0.1, 0.15) is 31.0 Å². The fourth-order valence-electron chi connectivity index (χ4n) is 2.66. The fraction of sp³-hybridized carbons (Fsp3) is 0.350. The Labute approximate surface area is 149 Å². The van der Waals surface area contributed by atoms with Gasteiger partial charge >= 0.3 is 0 Å². The molecular weight excluding hydrogens is 316 g/mol. The average molecular weight is 342 g/mol. The minimum atomic E-state index is -0.338. The lowest BCUT2D eigenvalue weighted by atomic mass is 10.1. The van der Waals surface area contributed by atoms with E-state index >= 15 is 0 Å². The Kier molecular flexibility index (Phi) is 6.83. The van der Waals surface area contributed by atoms with Crippen molar-refractivity contribution in [1.29, 1.82) is 0 Å². The highest BCUT2D eigenvalue weighted by molar-refractivity contribution is 5.81. The largest absolute Gasteiger partial charge is 0.497 e. The maximum absolute atomic E-state index is 12.3. The van der Waals surface area contributed by atoms with Gasteiger partial charge in [-0.1, -0.05) is 30.3 Å². The van der Waals surface area contributed by atoms with Gasteiger partial charge in [-0.05, 0) is 37.6 Å². The van der Waals surface area contributed by atoms with E-state index in [4.69, 9.17) is 9.47 Å². The van der Waals surface area contributed by atoms with Gasteiger partial charge < -0.3 is 14.8 Å². The Morgan fingerprint density at radius 1 is 1.04 bits per heavy atom. The van der Waals surface area contributed by atoms with Crippen molar-refractivity contribution < 1.29 is 14.3 Å². The molecule has 0 fully saturated rings. The SMILES string of the molecule is COc1ccc(OC)c(C(C)NC(C)C(=O)NCc2ccccc2)c1. The van der Waals surface area contributed by atoms with Crippen LogP contribution in [0.2, 0.25) is 0 Å². The first-order valence-corrected chi connectivity index (χ1v) is 8.34. The summed E-state index contributed by atoms with van der Waals surface area (Å²) >= 11 is 0. The minimum Gasteiger partial charge on any atom is -0.497 e. The molecule has 0 radical (unpaired) electrons. The number of amides is 1. The second-order valence-corrected chi connectivity index (χ2v) is 5.92. The van der Waals surface area contributed by atoms with Crippen molar-refractivity contribution in [2.45, 2.75) is 32.5 Å². The maximum Gasteiger partial charge on any atom is 0.237 e. The summed E-state index contributed by atoms with van der Waals surface area (Å²) in [4.78, 5) is 12.3. The first-order valence-electron chi connectivity index (χ1n) is 8.34. The van der Waals surface area contributed by atoms with Gasteiger partial charge in [0.2, 0.25) is 5.91 Å². The van der Waals surface area contributed by atoms with Crippen LogP contribution in [0.25, 0.3) is 0 Å². The van der Waals surface area contributed by atoms with Gasteiger partial charge in [-0.15, -0.1) is 0 Å². The molecule has 2 rings (SSSR count). The maximum atomic E-state index is 12.3. The Hall–Kier alpha value is -2.53. The number of carbonyl (C=O) groups excluding carboxylic acids is 1. The topological polar surface area (TPSA) is 59.6 Å². The van der Waals surface area contributed by atoms with Crippen LogP contribution in [-0.4, -0.2) is 26.2 Å². The summed E-state index contributed by atoms with van der Waals surface area (Å²) in [6, 6.07) is 15.1. The third-order valence-corrected chi connectivity index (χ3v) is 4.11. The van der Waals surface area contributed by atoms with Gasteiger partial charge in [0.1, 0.15) is 11.5 Å². The Morgan fingerprint density at radius 3 is 2.40 bits per heavy atom. The number of hydrogen-bond acceptors (Lipinski definition) is 4. The van der Waals surface area contributed by atoms with E-state index < -0.39 is 0 Å². The summed E-state index contributed by atoms with van der Waals surface area (Å²) < 4.78 is 10.7. The molecule has 5 nitrogen and oxygen atoms in total. The Balaban J connectivity index is 1.97. The number of nitrogens with one attached hydrogen (secondary N) is 2. The lowest BCUT2D eigenvalue weighted by Crippen LogP contribution is -2.42. The first kappa shape index (κ1) is 18.8. The predicted octanol–water partition coefficient (Wildman–Crippen LogP) is 3.06. The van der Waals surface area contributed by atoms with Crippen molar-refractivity contribution in [3.05, 3.63) is 59.7 Å². The third kappa shape index (κ3) is 5.22. The molecule has 0 saturated heterocycles. The molecule has 2 atom stereocenters. The number of rotatable bonds is 8. The average Bonchev–Trinajstić information content (AvgIpc) is 2.66. The van der Waals surface area contributed by atoms with Crippen LogP contribution >= 0.6 is 0 Å². The summed E-state index contributed by atoms with van der Waals surface area (Å²) in [5.41, 5.74) is 2.02. The molecule has 5 heteroatoms. The summed E-state index contributed by atoms with van der Waals surface area (Å²) in [6.07, 6.45) is 0. The summed E-state index contributed by atoms with van der Waals surface area (Å²) in [5, 5.41) is 6.26. The highest BCUT2D eigenvalue weighted by atomic mass is 16.5. The van der Waals surface area contributed by atoms with E-state index in [2.05, 4.69) is 10.6 Å². The normalized spacial score (nSPS) is 13.0. The van der Waals surface area contributed by atoms with Crippen molar-refractivity contribution in [2.75, 3.05) is 14.2 Å². The zero-order valence-corrected chi connectivity index (χ0v) is 15.2. The van der Waals surface area contributed by atoms with Crippen molar-refractivity contribution in [3.8, 4) is 11.5 Å². The van der Waals surface area contributed by atoms with Crippen LogP contribution in [0.3, 0.4) is 0 Å². The van der Waals surface area contributed by atoms with E-state index in [1.165, 1.54) is 0 Å². The molecule has 2 aromatic rings. The molecular formula is C20H26N2O3. The van der Waals surface area contributed by atoms with Gasteiger partial charge in [0.15, 0.2) is 0 Å². The first-order chi connectivity index (χ1) is 12.0. The van der Waals surface area contributed by atoms with Crippen molar-refractivity contribution in [3.63, 3.8) is 0 Å². The molecule has 2 unspecified atom stereocenters. The third-order valence-electron chi connectivity index (χ3n) is 4.11. The summed E-state index contributed by atoms with van der Waals surface area (Å²) in [5.74, 6) is 1.47. The molecule has 0 aliphatic carbocycles. The zero-order chi connectivity index (χ0) is 18.2. The van der Waals surface area contributed by atoms with E-state index in [9.17, 15) is 4.79 Å². The smallest absolute Gasteiger partial charge is 0.237 e. The van der Waals surface area contributed by atoms with Crippen LogP contribution in [0, 0.1) is 0 Å². The lowest BCUT2D eigenvalue weighted by molar-refractivity contribution is -0.123. The quantitative estimate of drug-likeness (QED) is 0.774. The minimum absolute atomic E-state index is 0.0439. The van der Waals surface area contributed by atoms with Gasteiger partial charge in [0.25, 0.3) is 0 Å². The van der Waals surface area contributed by atoms with Gasteiger partial charge in [0, 0.05) is 18.2 Å². The van der Waals surface area contributed by atoms with Gasteiger partial charge in [0.05, 0.1) is 20.3 Å². The Morgan fingerprint density at radius 2 is 1.76 bits per heavy atom. The van der Waals surface area contributed by atoms with Gasteiger partial charge in [-0.25, -0.2) is 0 Å². The molecule has 134 valence electrons. The molecule has 0 aliphatic rings. The van der Waals surface area contributed by atoms with Crippen LogP contribution in [0.5, 0.6) is 11.5 Å². The molecule has 25 heavy (non-hydrogen) atoms. The molecule has 0 heterocycles. The number of methoxy groups -OCH3 is 2. The Bertz CT molecular complexity index is 689. The van der Waals surface area contributed by atoms with Gasteiger partial charge in [-0.2, -0.15) is 0 Å². The van der Waals surface area contributed by atoms with Gasteiger partial charge in [-0.3, -0.25) is 10.1 Å². The number of hydrogen-bond donors (Lipinski definition) is 2.